The number of benzene rings is 8. The van der Waals surface area contributed by atoms with Crippen molar-refractivity contribution in [3.63, 3.8) is 0 Å². The van der Waals surface area contributed by atoms with Crippen molar-refractivity contribution >= 4 is 33.0 Å². The number of rotatable bonds is 7. The van der Waals surface area contributed by atoms with Gasteiger partial charge in [-0.1, -0.05) is 146 Å². The summed E-state index contributed by atoms with van der Waals surface area (Å²) < 4.78 is 13.0. The van der Waals surface area contributed by atoms with E-state index in [9.17, 15) is 0 Å². The molecule has 8 aromatic carbocycles. The molecular weight excluding hydrogens is 713 g/mol. The van der Waals surface area contributed by atoms with E-state index in [-0.39, 0.29) is 0 Å². The minimum absolute atomic E-state index is 0.574. The molecule has 0 amide bonds. The van der Waals surface area contributed by atoms with E-state index in [1.54, 1.807) is 0 Å². The van der Waals surface area contributed by atoms with E-state index in [0.29, 0.717) is 28.9 Å². The SMILES string of the molecule is c1ccc(-c2cc(-c3ccccc3)cc(-c3nc4ccc(-c5ccc6oc7cccc(-c8nc(-c9ccccc9)nc(-c9ccccc9)n8)c7c6c5)cc4o3)c2)cc1. The lowest BCUT2D eigenvalue weighted by molar-refractivity contribution is 0.620. The Morgan fingerprint density at radius 1 is 0.293 bits per heavy atom. The Bertz CT molecular complexity index is 3150. The van der Waals surface area contributed by atoms with Crippen LogP contribution >= 0.6 is 0 Å². The molecule has 0 unspecified atom stereocenters. The van der Waals surface area contributed by atoms with Crippen molar-refractivity contribution in [2.75, 3.05) is 0 Å². The first-order valence-electron chi connectivity index (χ1n) is 19.2. The van der Waals surface area contributed by atoms with Gasteiger partial charge < -0.3 is 8.83 Å². The Morgan fingerprint density at radius 3 is 1.45 bits per heavy atom. The van der Waals surface area contributed by atoms with Crippen molar-refractivity contribution in [3.05, 3.63) is 194 Å². The van der Waals surface area contributed by atoms with E-state index in [1.165, 1.54) is 0 Å². The van der Waals surface area contributed by atoms with Crippen LogP contribution in [0.4, 0.5) is 0 Å². The molecule has 6 nitrogen and oxygen atoms in total. The lowest BCUT2D eigenvalue weighted by Crippen LogP contribution is -2.00. The molecule has 11 rings (SSSR count). The lowest BCUT2D eigenvalue weighted by atomic mass is 9.96. The van der Waals surface area contributed by atoms with Crippen molar-refractivity contribution in [1.82, 2.24) is 19.9 Å². The van der Waals surface area contributed by atoms with Crippen molar-refractivity contribution in [3.8, 4) is 79.0 Å². The van der Waals surface area contributed by atoms with E-state index in [2.05, 4.69) is 97.1 Å². The summed E-state index contributed by atoms with van der Waals surface area (Å²) in [5, 5.41) is 1.91. The quantitative estimate of drug-likeness (QED) is 0.162. The first kappa shape index (κ1) is 33.4. The maximum Gasteiger partial charge on any atom is 0.227 e. The second-order valence-electron chi connectivity index (χ2n) is 14.3. The fourth-order valence-corrected chi connectivity index (χ4v) is 7.70. The maximum absolute atomic E-state index is 6.56. The average Bonchev–Trinajstić information content (AvgIpc) is 3.91. The third-order valence-electron chi connectivity index (χ3n) is 10.6. The maximum atomic E-state index is 6.56. The predicted octanol–water partition coefficient (Wildman–Crippen LogP) is 13.6. The largest absolute Gasteiger partial charge is 0.456 e. The molecule has 0 saturated heterocycles. The molecule has 0 saturated carbocycles. The molecule has 0 bridgehead atoms. The highest BCUT2D eigenvalue weighted by atomic mass is 16.3. The summed E-state index contributed by atoms with van der Waals surface area (Å²) in [5.74, 6) is 2.37. The van der Waals surface area contributed by atoms with Crippen molar-refractivity contribution in [1.29, 1.82) is 0 Å². The van der Waals surface area contributed by atoms with Crippen LogP contribution in [-0.2, 0) is 0 Å². The van der Waals surface area contributed by atoms with Gasteiger partial charge in [0, 0.05) is 33.0 Å². The van der Waals surface area contributed by atoms with Gasteiger partial charge in [0.15, 0.2) is 23.1 Å². The molecule has 6 heteroatoms. The third-order valence-corrected chi connectivity index (χ3v) is 10.6. The van der Waals surface area contributed by atoms with Gasteiger partial charge in [0.25, 0.3) is 0 Å². The molecule has 3 heterocycles. The monoisotopic (exact) mass is 744 g/mol. The standard InChI is InChI=1S/C52H32N4O2/c1-5-14-33(15-6-1)39-28-40(34-16-7-2-8-17-34)30-41(29-39)52-53-44-26-24-38(32-47(44)58-52)37-25-27-45-43(31-37)48-42(22-13-23-46(48)57-45)51-55-49(35-18-9-3-10-19-35)54-50(56-51)36-20-11-4-12-21-36/h1-32H. The van der Waals surface area contributed by atoms with Crippen LogP contribution in [0.25, 0.3) is 112 Å². The first-order valence-corrected chi connectivity index (χ1v) is 19.2. The summed E-state index contributed by atoms with van der Waals surface area (Å²) in [5.41, 5.74) is 13.2. The second-order valence-corrected chi connectivity index (χ2v) is 14.3. The van der Waals surface area contributed by atoms with Crippen LogP contribution in [0.1, 0.15) is 0 Å². The van der Waals surface area contributed by atoms with Gasteiger partial charge in [0.2, 0.25) is 5.89 Å². The first-order chi connectivity index (χ1) is 28.7. The predicted molar refractivity (Wildman–Crippen MR) is 233 cm³/mol. The zero-order valence-corrected chi connectivity index (χ0v) is 31.1. The third kappa shape index (κ3) is 6.10. The molecule has 11 aromatic rings. The van der Waals surface area contributed by atoms with E-state index in [1.807, 2.05) is 97.1 Å². The summed E-state index contributed by atoms with van der Waals surface area (Å²) in [6, 6.07) is 65.9. The number of nitrogens with zero attached hydrogens (tertiary/aromatic N) is 4. The molecule has 0 radical (unpaired) electrons. The highest BCUT2D eigenvalue weighted by Crippen LogP contribution is 2.40. The summed E-state index contributed by atoms with van der Waals surface area (Å²) in [4.78, 5) is 20.0. The fraction of sp³-hybridized carbons (Fsp3) is 0. The molecule has 3 aromatic heterocycles. The fourth-order valence-electron chi connectivity index (χ4n) is 7.70. The lowest BCUT2D eigenvalue weighted by Gasteiger charge is -2.09. The van der Waals surface area contributed by atoms with Crippen LogP contribution in [0.5, 0.6) is 0 Å². The molecule has 58 heavy (non-hydrogen) atoms. The van der Waals surface area contributed by atoms with Crippen LogP contribution in [0.2, 0.25) is 0 Å². The van der Waals surface area contributed by atoms with Gasteiger partial charge in [0.05, 0.1) is 0 Å². The summed E-state index contributed by atoms with van der Waals surface area (Å²) >= 11 is 0. The van der Waals surface area contributed by atoms with E-state index < -0.39 is 0 Å². The normalized spacial score (nSPS) is 11.4. The Hall–Kier alpha value is -7.96. The molecule has 0 aliphatic carbocycles. The Morgan fingerprint density at radius 2 is 0.828 bits per heavy atom. The molecule has 0 atom stereocenters. The molecule has 0 aliphatic heterocycles. The Balaban J connectivity index is 1.01. The molecule has 0 fully saturated rings. The number of furan rings is 1. The zero-order chi connectivity index (χ0) is 38.4. The molecule has 0 spiro atoms. The van der Waals surface area contributed by atoms with Gasteiger partial charge in [-0.05, 0) is 81.9 Å². The summed E-state index contributed by atoms with van der Waals surface area (Å²) in [7, 11) is 0. The molecule has 272 valence electrons. The zero-order valence-electron chi connectivity index (χ0n) is 31.1. The van der Waals surface area contributed by atoms with Gasteiger partial charge in [-0.25, -0.2) is 19.9 Å². The Labute approximate surface area is 333 Å². The summed E-state index contributed by atoms with van der Waals surface area (Å²) in [6.07, 6.45) is 0. The highest BCUT2D eigenvalue weighted by Gasteiger charge is 2.19. The van der Waals surface area contributed by atoms with Crippen LogP contribution in [0, 0.1) is 0 Å². The smallest absolute Gasteiger partial charge is 0.227 e. The van der Waals surface area contributed by atoms with Crippen molar-refractivity contribution in [2.45, 2.75) is 0 Å². The summed E-state index contributed by atoms with van der Waals surface area (Å²) in [6.45, 7) is 0. The van der Waals surface area contributed by atoms with Gasteiger partial charge in [0.1, 0.15) is 16.7 Å². The minimum atomic E-state index is 0.574. The van der Waals surface area contributed by atoms with Crippen molar-refractivity contribution in [2.24, 2.45) is 0 Å². The van der Waals surface area contributed by atoms with Crippen LogP contribution in [-0.4, -0.2) is 19.9 Å². The van der Waals surface area contributed by atoms with Gasteiger partial charge in [-0.2, -0.15) is 0 Å². The minimum Gasteiger partial charge on any atom is -0.456 e. The highest BCUT2D eigenvalue weighted by molar-refractivity contribution is 6.13. The van der Waals surface area contributed by atoms with Crippen LogP contribution < -0.4 is 0 Å². The van der Waals surface area contributed by atoms with E-state index in [0.717, 1.165) is 83.1 Å². The van der Waals surface area contributed by atoms with Gasteiger partial charge in [-0.15, -0.1) is 0 Å². The van der Waals surface area contributed by atoms with Gasteiger partial charge in [-0.3, -0.25) is 0 Å². The molecular formula is C52H32N4O2. The van der Waals surface area contributed by atoms with E-state index >= 15 is 0 Å². The van der Waals surface area contributed by atoms with Crippen molar-refractivity contribution < 1.29 is 8.83 Å². The average molecular weight is 745 g/mol. The second kappa shape index (κ2) is 14.0. The number of hydrogen-bond donors (Lipinski definition) is 0. The topological polar surface area (TPSA) is 77.8 Å². The molecule has 0 aliphatic rings. The van der Waals surface area contributed by atoms with Crippen LogP contribution in [0.3, 0.4) is 0 Å². The number of hydrogen-bond acceptors (Lipinski definition) is 6. The number of oxazole rings is 1. The van der Waals surface area contributed by atoms with E-state index in [4.69, 9.17) is 28.8 Å². The number of aromatic nitrogens is 4. The van der Waals surface area contributed by atoms with Gasteiger partial charge >= 0.3 is 0 Å². The molecule has 0 N–H and O–H groups in total. The number of fused-ring (bicyclic) bond motifs is 4. The Kier molecular flexibility index (Phi) is 8.04. The van der Waals surface area contributed by atoms with Crippen LogP contribution in [0.15, 0.2) is 203 Å².